The summed E-state index contributed by atoms with van der Waals surface area (Å²) < 4.78 is 1.53. The summed E-state index contributed by atoms with van der Waals surface area (Å²) in [6.45, 7) is 13.6. The zero-order valence-corrected chi connectivity index (χ0v) is 12.0. The van der Waals surface area contributed by atoms with Gasteiger partial charge < -0.3 is 0 Å². The first-order chi connectivity index (χ1) is 6.43. The third-order valence-corrected chi connectivity index (χ3v) is 5.22. The second-order valence-electron chi connectivity index (χ2n) is 4.70. The Morgan fingerprint density at radius 3 is 1.43 bits per heavy atom. The fourth-order valence-corrected chi connectivity index (χ4v) is 3.10. The lowest BCUT2D eigenvalue weighted by Crippen LogP contribution is -1.94. The molecule has 2 heteroatoms. The molecule has 0 radical (unpaired) electrons. The SMILES string of the molecule is CC(C)=C(SCC(C)C)SCC(C)C. The third kappa shape index (κ3) is 7.81. The second-order valence-corrected chi connectivity index (χ2v) is 7.02. The summed E-state index contributed by atoms with van der Waals surface area (Å²) in [5.41, 5.74) is 1.47. The van der Waals surface area contributed by atoms with E-state index in [9.17, 15) is 0 Å². The van der Waals surface area contributed by atoms with Crippen LogP contribution in [-0.4, -0.2) is 11.5 Å². The Hall–Kier alpha value is 0.440. The Balaban J connectivity index is 3.99. The van der Waals surface area contributed by atoms with Crippen LogP contribution in [0.5, 0.6) is 0 Å². The fourth-order valence-electron chi connectivity index (χ4n) is 0.815. The van der Waals surface area contributed by atoms with E-state index in [2.05, 4.69) is 41.5 Å². The van der Waals surface area contributed by atoms with Crippen molar-refractivity contribution in [1.82, 2.24) is 0 Å². The summed E-state index contributed by atoms with van der Waals surface area (Å²) >= 11 is 4.04. The highest BCUT2D eigenvalue weighted by atomic mass is 32.2. The van der Waals surface area contributed by atoms with Crippen molar-refractivity contribution < 1.29 is 0 Å². The number of rotatable bonds is 6. The topological polar surface area (TPSA) is 0 Å². The highest BCUT2D eigenvalue weighted by Crippen LogP contribution is 2.33. The molecule has 0 saturated heterocycles. The lowest BCUT2D eigenvalue weighted by molar-refractivity contribution is 0.750. The smallest absolute Gasteiger partial charge is 0.0387 e. The summed E-state index contributed by atoms with van der Waals surface area (Å²) in [6, 6.07) is 0. The monoisotopic (exact) mass is 232 g/mol. The zero-order chi connectivity index (χ0) is 11.1. The Morgan fingerprint density at radius 1 is 0.857 bits per heavy atom. The fraction of sp³-hybridized carbons (Fsp3) is 0.833. The van der Waals surface area contributed by atoms with E-state index in [0.717, 1.165) is 11.8 Å². The molecule has 0 N–H and O–H groups in total. The highest BCUT2D eigenvalue weighted by molar-refractivity contribution is 8.22. The van der Waals surface area contributed by atoms with Crippen molar-refractivity contribution in [3.8, 4) is 0 Å². The minimum absolute atomic E-state index is 0.786. The maximum absolute atomic E-state index is 2.28. The van der Waals surface area contributed by atoms with Gasteiger partial charge in [-0.15, -0.1) is 23.5 Å². The average Bonchev–Trinajstić information content (AvgIpc) is 2.02. The standard InChI is InChI=1S/C12H24S2/c1-9(2)7-13-12(11(5)6)14-8-10(3)4/h9-10H,7-8H2,1-6H3. The van der Waals surface area contributed by atoms with Gasteiger partial charge in [-0.1, -0.05) is 33.3 Å². The van der Waals surface area contributed by atoms with Crippen molar-refractivity contribution in [3.05, 3.63) is 9.81 Å². The van der Waals surface area contributed by atoms with Crippen LogP contribution in [0.25, 0.3) is 0 Å². The van der Waals surface area contributed by atoms with Crippen LogP contribution in [0.15, 0.2) is 9.81 Å². The van der Waals surface area contributed by atoms with Gasteiger partial charge in [-0.05, 0) is 25.7 Å². The zero-order valence-electron chi connectivity index (χ0n) is 10.4. The first-order valence-electron chi connectivity index (χ1n) is 5.36. The van der Waals surface area contributed by atoms with Gasteiger partial charge in [0.15, 0.2) is 0 Å². The predicted molar refractivity (Wildman–Crippen MR) is 73.0 cm³/mol. The molecule has 0 bridgehead atoms. The third-order valence-electron chi connectivity index (χ3n) is 1.50. The van der Waals surface area contributed by atoms with E-state index in [-0.39, 0.29) is 0 Å². The van der Waals surface area contributed by atoms with E-state index >= 15 is 0 Å². The largest absolute Gasteiger partial charge is 0.119 e. The molecule has 0 fully saturated rings. The first-order valence-corrected chi connectivity index (χ1v) is 7.33. The molecular formula is C12H24S2. The van der Waals surface area contributed by atoms with Gasteiger partial charge in [-0.2, -0.15) is 0 Å². The van der Waals surface area contributed by atoms with E-state index < -0.39 is 0 Å². The number of allylic oxidation sites excluding steroid dienone is 1. The second kappa shape index (κ2) is 7.70. The van der Waals surface area contributed by atoms with Crippen LogP contribution >= 0.6 is 23.5 Å². The van der Waals surface area contributed by atoms with Crippen molar-refractivity contribution >= 4 is 23.5 Å². The molecule has 0 aromatic heterocycles. The Labute approximate surface area is 98.3 Å². The predicted octanol–water partition coefficient (Wildman–Crippen LogP) is 5.02. The number of thioether (sulfide) groups is 2. The molecule has 0 saturated carbocycles. The van der Waals surface area contributed by atoms with E-state index in [0.29, 0.717) is 0 Å². The van der Waals surface area contributed by atoms with Crippen LogP contribution in [0, 0.1) is 11.8 Å². The Morgan fingerprint density at radius 2 is 1.21 bits per heavy atom. The van der Waals surface area contributed by atoms with Gasteiger partial charge >= 0.3 is 0 Å². The summed E-state index contributed by atoms with van der Waals surface area (Å²) in [7, 11) is 0. The van der Waals surface area contributed by atoms with Crippen LogP contribution < -0.4 is 0 Å². The first kappa shape index (κ1) is 14.4. The Bertz CT molecular complexity index is 163. The quantitative estimate of drug-likeness (QED) is 0.631. The molecule has 0 rings (SSSR count). The lowest BCUT2D eigenvalue weighted by Gasteiger charge is -2.12. The minimum atomic E-state index is 0.786. The van der Waals surface area contributed by atoms with Crippen molar-refractivity contribution in [2.45, 2.75) is 41.5 Å². The van der Waals surface area contributed by atoms with E-state index in [1.807, 2.05) is 23.5 Å². The van der Waals surface area contributed by atoms with E-state index in [1.165, 1.54) is 21.3 Å². The number of hydrogen-bond acceptors (Lipinski definition) is 2. The molecule has 0 nitrogen and oxygen atoms in total. The summed E-state index contributed by atoms with van der Waals surface area (Å²) in [5, 5.41) is 0. The molecule has 0 aromatic carbocycles. The van der Waals surface area contributed by atoms with Gasteiger partial charge in [-0.3, -0.25) is 0 Å². The molecule has 0 aliphatic carbocycles. The van der Waals surface area contributed by atoms with Crippen LogP contribution in [0.2, 0.25) is 0 Å². The molecule has 0 spiro atoms. The van der Waals surface area contributed by atoms with E-state index in [4.69, 9.17) is 0 Å². The average molecular weight is 232 g/mol. The molecule has 0 unspecified atom stereocenters. The van der Waals surface area contributed by atoms with Gasteiger partial charge in [0.05, 0.1) is 0 Å². The highest BCUT2D eigenvalue weighted by Gasteiger charge is 2.05. The molecule has 0 atom stereocenters. The molecule has 84 valence electrons. The molecule has 0 heterocycles. The lowest BCUT2D eigenvalue weighted by atomic mass is 10.3. The van der Waals surface area contributed by atoms with Crippen LogP contribution in [0.3, 0.4) is 0 Å². The minimum Gasteiger partial charge on any atom is -0.119 e. The van der Waals surface area contributed by atoms with Crippen molar-refractivity contribution in [3.63, 3.8) is 0 Å². The van der Waals surface area contributed by atoms with Crippen LogP contribution in [0.1, 0.15) is 41.5 Å². The van der Waals surface area contributed by atoms with Gasteiger partial charge in [-0.25, -0.2) is 0 Å². The molecule has 0 aliphatic rings. The molecule has 0 amide bonds. The maximum atomic E-state index is 2.28. The van der Waals surface area contributed by atoms with Crippen LogP contribution in [0.4, 0.5) is 0 Å². The van der Waals surface area contributed by atoms with Gasteiger partial charge in [0, 0.05) is 15.7 Å². The molecule has 0 aromatic rings. The summed E-state index contributed by atoms with van der Waals surface area (Å²) in [4.78, 5) is 0. The van der Waals surface area contributed by atoms with E-state index in [1.54, 1.807) is 0 Å². The maximum Gasteiger partial charge on any atom is 0.0387 e. The summed E-state index contributed by atoms with van der Waals surface area (Å²) in [5.74, 6) is 4.06. The van der Waals surface area contributed by atoms with Crippen molar-refractivity contribution in [2.24, 2.45) is 11.8 Å². The van der Waals surface area contributed by atoms with Crippen molar-refractivity contribution in [2.75, 3.05) is 11.5 Å². The van der Waals surface area contributed by atoms with Crippen molar-refractivity contribution in [1.29, 1.82) is 0 Å². The van der Waals surface area contributed by atoms with Crippen LogP contribution in [-0.2, 0) is 0 Å². The summed E-state index contributed by atoms with van der Waals surface area (Å²) in [6.07, 6.45) is 0. The molecule has 14 heavy (non-hydrogen) atoms. The Kier molecular flexibility index (Phi) is 7.94. The normalized spacial score (nSPS) is 11.1. The molecular weight excluding hydrogens is 208 g/mol. The number of hydrogen-bond donors (Lipinski definition) is 0. The van der Waals surface area contributed by atoms with Gasteiger partial charge in [0.1, 0.15) is 0 Å². The van der Waals surface area contributed by atoms with Gasteiger partial charge in [0.2, 0.25) is 0 Å². The van der Waals surface area contributed by atoms with Gasteiger partial charge in [0.25, 0.3) is 0 Å². The molecule has 0 aliphatic heterocycles.